The fourth-order valence-electron chi connectivity index (χ4n) is 2.81. The lowest BCUT2D eigenvalue weighted by molar-refractivity contribution is -0.129. The first-order valence-electron chi connectivity index (χ1n) is 8.83. The van der Waals surface area contributed by atoms with Crippen molar-refractivity contribution < 1.29 is 26.4 Å². The highest BCUT2D eigenvalue weighted by molar-refractivity contribution is 7.91. The molecule has 2 amide bonds. The second kappa shape index (κ2) is 9.01. The largest absolute Gasteiger partial charge is 0.273 e. The Hall–Kier alpha value is -1.98. The SMILES string of the molecule is Cc1ccc(S(=O)(=O)NCCC(=O)NNC(=O)CC2CCS(=O)(=O)C2)cc1C. The summed E-state index contributed by atoms with van der Waals surface area (Å²) in [6, 6.07) is 4.76. The Balaban J connectivity index is 1.72. The number of aryl methyl sites for hydroxylation is 2. The third kappa shape index (κ3) is 6.57. The first kappa shape index (κ1) is 22.3. The Morgan fingerprint density at radius 3 is 2.39 bits per heavy atom. The predicted molar refractivity (Wildman–Crippen MR) is 103 cm³/mol. The van der Waals surface area contributed by atoms with Crippen molar-refractivity contribution in [2.45, 2.75) is 38.0 Å². The van der Waals surface area contributed by atoms with Crippen LogP contribution in [-0.2, 0) is 29.4 Å². The van der Waals surface area contributed by atoms with Crippen LogP contribution in [0.5, 0.6) is 0 Å². The molecule has 1 aromatic carbocycles. The minimum atomic E-state index is -3.73. The van der Waals surface area contributed by atoms with Crippen molar-refractivity contribution in [2.75, 3.05) is 18.1 Å². The number of carbonyl (C=O) groups excluding carboxylic acids is 2. The Morgan fingerprint density at radius 1 is 1.11 bits per heavy atom. The van der Waals surface area contributed by atoms with E-state index in [9.17, 15) is 26.4 Å². The molecule has 156 valence electrons. The summed E-state index contributed by atoms with van der Waals surface area (Å²) in [4.78, 5) is 23.6. The molecule has 0 aromatic heterocycles. The highest BCUT2D eigenvalue weighted by atomic mass is 32.2. The predicted octanol–water partition coefficient (Wildman–Crippen LogP) is -0.0560. The minimum Gasteiger partial charge on any atom is -0.273 e. The van der Waals surface area contributed by atoms with E-state index >= 15 is 0 Å². The maximum absolute atomic E-state index is 12.2. The van der Waals surface area contributed by atoms with Crippen LogP contribution in [0.4, 0.5) is 0 Å². The average Bonchev–Trinajstić information content (AvgIpc) is 2.93. The van der Waals surface area contributed by atoms with Gasteiger partial charge in [0.25, 0.3) is 0 Å². The molecule has 0 aliphatic carbocycles. The summed E-state index contributed by atoms with van der Waals surface area (Å²) < 4.78 is 49.5. The van der Waals surface area contributed by atoms with Crippen LogP contribution in [0.3, 0.4) is 0 Å². The van der Waals surface area contributed by atoms with Crippen molar-refractivity contribution in [1.82, 2.24) is 15.6 Å². The van der Waals surface area contributed by atoms with E-state index in [1.54, 1.807) is 12.1 Å². The molecule has 0 bridgehead atoms. The Labute approximate surface area is 165 Å². The van der Waals surface area contributed by atoms with Crippen molar-refractivity contribution in [1.29, 1.82) is 0 Å². The van der Waals surface area contributed by atoms with Gasteiger partial charge in [-0.15, -0.1) is 0 Å². The molecule has 0 saturated carbocycles. The minimum absolute atomic E-state index is 0.0128. The summed E-state index contributed by atoms with van der Waals surface area (Å²) in [6.07, 6.45) is 0.283. The first-order valence-corrected chi connectivity index (χ1v) is 12.1. The van der Waals surface area contributed by atoms with Gasteiger partial charge in [-0.2, -0.15) is 0 Å². The number of benzene rings is 1. The van der Waals surface area contributed by atoms with Gasteiger partial charge in [0.2, 0.25) is 21.8 Å². The Bertz CT molecular complexity index is 957. The van der Waals surface area contributed by atoms with E-state index in [0.717, 1.165) is 11.1 Å². The quantitative estimate of drug-likeness (QED) is 0.517. The van der Waals surface area contributed by atoms with Crippen LogP contribution in [0.1, 0.15) is 30.4 Å². The third-order valence-electron chi connectivity index (χ3n) is 4.57. The molecule has 28 heavy (non-hydrogen) atoms. The zero-order chi connectivity index (χ0) is 20.9. The molecule has 1 aliphatic heterocycles. The van der Waals surface area contributed by atoms with Gasteiger partial charge in [-0.05, 0) is 49.4 Å². The summed E-state index contributed by atoms with van der Waals surface area (Å²) in [7, 11) is -6.79. The van der Waals surface area contributed by atoms with Crippen LogP contribution in [0, 0.1) is 19.8 Å². The molecule has 2 rings (SSSR count). The number of amides is 2. The van der Waals surface area contributed by atoms with Gasteiger partial charge < -0.3 is 0 Å². The van der Waals surface area contributed by atoms with Crippen LogP contribution in [0.15, 0.2) is 23.1 Å². The Morgan fingerprint density at radius 2 is 1.79 bits per heavy atom. The summed E-state index contributed by atoms with van der Waals surface area (Å²) in [6.45, 7) is 3.56. The smallest absolute Gasteiger partial charge is 0.240 e. The van der Waals surface area contributed by atoms with Crippen LogP contribution in [-0.4, -0.2) is 46.7 Å². The van der Waals surface area contributed by atoms with Gasteiger partial charge in [0.15, 0.2) is 9.84 Å². The maximum atomic E-state index is 12.2. The van der Waals surface area contributed by atoms with Crippen LogP contribution in [0.25, 0.3) is 0 Å². The van der Waals surface area contributed by atoms with Crippen LogP contribution in [0.2, 0.25) is 0 Å². The highest BCUT2D eigenvalue weighted by Crippen LogP contribution is 2.21. The number of sulfone groups is 1. The van der Waals surface area contributed by atoms with Crippen molar-refractivity contribution in [3.05, 3.63) is 29.3 Å². The molecule has 1 aromatic rings. The summed E-state index contributed by atoms with van der Waals surface area (Å²) >= 11 is 0. The lowest BCUT2D eigenvalue weighted by Gasteiger charge is -2.11. The van der Waals surface area contributed by atoms with E-state index in [0.29, 0.717) is 6.42 Å². The Kier molecular flexibility index (Phi) is 7.18. The normalized spacial score (nSPS) is 18.6. The molecule has 1 unspecified atom stereocenters. The number of carbonyl (C=O) groups is 2. The molecular formula is C17H25N3O6S2. The van der Waals surface area contributed by atoms with Gasteiger partial charge in [0, 0.05) is 19.4 Å². The van der Waals surface area contributed by atoms with E-state index in [-0.39, 0.29) is 41.7 Å². The molecule has 1 heterocycles. The first-order chi connectivity index (χ1) is 13.0. The monoisotopic (exact) mass is 431 g/mol. The lowest BCUT2D eigenvalue weighted by atomic mass is 10.1. The van der Waals surface area contributed by atoms with Crippen molar-refractivity contribution in [3.8, 4) is 0 Å². The van der Waals surface area contributed by atoms with Gasteiger partial charge in [-0.25, -0.2) is 21.6 Å². The zero-order valence-corrected chi connectivity index (χ0v) is 17.5. The number of hydrogen-bond acceptors (Lipinski definition) is 6. The lowest BCUT2D eigenvalue weighted by Crippen LogP contribution is -2.43. The average molecular weight is 432 g/mol. The molecule has 1 atom stereocenters. The number of hydrogen-bond donors (Lipinski definition) is 3. The summed E-state index contributed by atoms with van der Waals surface area (Å²) in [5, 5.41) is 0. The summed E-state index contributed by atoms with van der Waals surface area (Å²) in [5.41, 5.74) is 6.24. The maximum Gasteiger partial charge on any atom is 0.240 e. The van der Waals surface area contributed by atoms with E-state index < -0.39 is 31.7 Å². The van der Waals surface area contributed by atoms with Crippen LogP contribution < -0.4 is 15.6 Å². The molecule has 3 N–H and O–H groups in total. The molecule has 9 nitrogen and oxygen atoms in total. The van der Waals surface area contributed by atoms with Gasteiger partial charge in [-0.3, -0.25) is 20.4 Å². The molecule has 0 radical (unpaired) electrons. The van der Waals surface area contributed by atoms with Gasteiger partial charge in [-0.1, -0.05) is 6.07 Å². The van der Waals surface area contributed by atoms with Gasteiger partial charge in [0.05, 0.1) is 16.4 Å². The highest BCUT2D eigenvalue weighted by Gasteiger charge is 2.29. The molecular weight excluding hydrogens is 406 g/mol. The number of hydrazine groups is 1. The molecule has 1 saturated heterocycles. The fraction of sp³-hybridized carbons (Fsp3) is 0.529. The fourth-order valence-corrected chi connectivity index (χ4v) is 5.79. The molecule has 1 fully saturated rings. The zero-order valence-electron chi connectivity index (χ0n) is 15.8. The number of nitrogens with one attached hydrogen (secondary N) is 3. The third-order valence-corrected chi connectivity index (χ3v) is 7.87. The van der Waals surface area contributed by atoms with E-state index in [1.165, 1.54) is 6.07 Å². The van der Waals surface area contributed by atoms with Crippen molar-refractivity contribution in [2.24, 2.45) is 5.92 Å². The van der Waals surface area contributed by atoms with Crippen molar-refractivity contribution >= 4 is 31.7 Å². The molecule has 1 aliphatic rings. The molecule has 11 heteroatoms. The second-order valence-electron chi connectivity index (χ2n) is 6.96. The van der Waals surface area contributed by atoms with Crippen LogP contribution >= 0.6 is 0 Å². The van der Waals surface area contributed by atoms with E-state index in [2.05, 4.69) is 15.6 Å². The topological polar surface area (TPSA) is 139 Å². The summed E-state index contributed by atoms with van der Waals surface area (Å²) in [5.74, 6) is -1.22. The number of sulfonamides is 1. The van der Waals surface area contributed by atoms with E-state index in [4.69, 9.17) is 0 Å². The van der Waals surface area contributed by atoms with Crippen molar-refractivity contribution in [3.63, 3.8) is 0 Å². The molecule has 0 spiro atoms. The van der Waals surface area contributed by atoms with Gasteiger partial charge >= 0.3 is 0 Å². The van der Waals surface area contributed by atoms with E-state index in [1.807, 2.05) is 13.8 Å². The second-order valence-corrected chi connectivity index (χ2v) is 11.0. The number of rotatable bonds is 7. The standard InChI is InChI=1S/C17H25N3O6S2/c1-12-3-4-15(9-13(12)2)28(25,26)18-7-5-16(21)19-20-17(22)10-14-6-8-27(23,24)11-14/h3-4,9,14,18H,5-8,10-11H2,1-2H3,(H,19,21)(H,20,22). The van der Waals surface area contributed by atoms with Gasteiger partial charge in [0.1, 0.15) is 0 Å².